The van der Waals surface area contributed by atoms with Crippen LogP contribution in [0.2, 0.25) is 0 Å². The van der Waals surface area contributed by atoms with Crippen LogP contribution in [-0.2, 0) is 122 Å². The maximum absolute atomic E-state index is 14.6. The number of aliphatic hydroxyl groups is 15. The van der Waals surface area contributed by atoms with Crippen LogP contribution in [0.15, 0.2) is 48.5 Å². The maximum Gasteiger partial charge on any atom is 0.327 e. The molecule has 752 valence electrons. The van der Waals surface area contributed by atoms with Gasteiger partial charge in [0.05, 0.1) is 99.8 Å². The van der Waals surface area contributed by atoms with E-state index in [-0.39, 0.29) is 25.3 Å². The number of hydrogen-bond acceptors (Lipinski definition) is 37. The molecule has 0 spiro atoms. The molecule has 51 nitrogen and oxygen atoms in total. The zero-order chi connectivity index (χ0) is 102. The Hall–Kier alpha value is -11.3. The smallest absolute Gasteiger partial charge is 0.327 e. The molecular weight excluding hydrogens is 1830 g/mol. The summed E-state index contributed by atoms with van der Waals surface area (Å²) in [5.74, 6) is -28.6. The van der Waals surface area contributed by atoms with E-state index >= 15 is 0 Å². The first-order valence-electron chi connectivity index (χ1n) is 41.5. The number of carbonyl (C=O) groups excluding carboxylic acids is 14. The number of nitrogens with one attached hydrogen (secondary N) is 10. The molecule has 0 aliphatic carbocycles. The van der Waals surface area contributed by atoms with Gasteiger partial charge in [-0.1, -0.05) is 48.5 Å². The van der Waals surface area contributed by atoms with Crippen molar-refractivity contribution in [3.63, 3.8) is 0 Å². The number of aliphatic hydroxyl groups excluding tert-OH is 15. The second-order valence-corrected chi connectivity index (χ2v) is 31.6. The summed E-state index contributed by atoms with van der Waals surface area (Å²) in [5, 5.41) is 227. The molecule has 0 saturated heterocycles. The van der Waals surface area contributed by atoms with Crippen LogP contribution in [0.1, 0.15) is 125 Å². The van der Waals surface area contributed by atoms with Gasteiger partial charge in [-0.05, 0) is 54.4 Å². The number of hydrogen-bond donors (Lipinski definition) is 33. The largest absolute Gasteiger partial charge is 0.481 e. The SMILES string of the molecule is O=CNCc1ccc(CC(=O)N[C@@H](CCC(=O)NC[C@H](O)[C@@H](O)[C@H](O)[C@H](O)CO)C(=O)C[C@H](CCC(=O)O)C(=O)N[C@@H](CCC(=O)NC[C@H](O)[C@@H](O)[C@H](O)[C@H](O)CO)C(=O)C[C@H](CCC(=O)O)C(=O)N[C@@H](CCC(=O)NC[C@H](O)[C@@H](O)[C@H](O)[C@H](O)CO)C(=O)C[C@H](CS)C(=O)O)cc1.O=CNCc1ccc(CC(=O)N[C@H](CC(=O)O)C(=O)C[C@H](CC(=O)O)C(=O)N[C@H](CS)C(=O)O)cc1. The predicted octanol–water partition coefficient (Wildman–Crippen LogP) is -11.6. The second kappa shape index (κ2) is 64.6. The lowest BCUT2D eigenvalue weighted by Gasteiger charge is -2.27. The number of amides is 10. The van der Waals surface area contributed by atoms with Crippen molar-refractivity contribution in [2.24, 2.45) is 23.7 Å². The van der Waals surface area contributed by atoms with Crippen molar-refractivity contribution < 1.29 is 203 Å². The van der Waals surface area contributed by atoms with Crippen LogP contribution in [-0.4, -0.2) is 381 Å². The summed E-state index contributed by atoms with van der Waals surface area (Å²) >= 11 is 7.74. The molecule has 0 aliphatic heterocycles. The minimum Gasteiger partial charge on any atom is -0.481 e. The van der Waals surface area contributed by atoms with Gasteiger partial charge < -0.3 is 160 Å². The van der Waals surface area contributed by atoms with Gasteiger partial charge in [-0.15, -0.1) is 0 Å². The van der Waals surface area contributed by atoms with E-state index in [2.05, 4.69) is 78.4 Å². The van der Waals surface area contributed by atoms with E-state index in [0.717, 1.165) is 5.56 Å². The molecule has 2 rings (SSSR count). The van der Waals surface area contributed by atoms with Crippen LogP contribution < -0.4 is 53.2 Å². The summed E-state index contributed by atoms with van der Waals surface area (Å²) in [6.45, 7) is -5.16. The number of benzene rings is 2. The molecule has 134 heavy (non-hydrogen) atoms. The van der Waals surface area contributed by atoms with Crippen molar-refractivity contribution in [1.82, 2.24) is 53.2 Å². The number of rotatable bonds is 71. The molecule has 0 fully saturated rings. The molecular formula is C81H120N10O41S2. The standard InChI is InChI=1S/C59H93N7O31S.C22H27N3O10S/c67-23-42(77)54(91)51(88)39(74)20-61-45(80)10-7-33(64-48(83)15-28-1-3-29(4-2-28)19-60-27-70)36(71)16-30(5-13-49(84)85)57(94)65-34(8-11-46(81)62-21-40(75)52(89)55(92)43(78)24-68)37(72)17-31(6-14-50(86)87)58(95)66-35(38(73)18-32(26-98)59(96)97)9-12-47(82)63-22-41(76)53(90)56(93)44(79)25-69;26-11-23-9-13-3-1-12(2-4-13)5-18(28)24-15(8-20(31)32)17(27)6-14(7-19(29)30)21(33)25-16(10-36)22(34)35/h1-4,27,30-35,39-44,51-56,67-69,74-79,88-93,98H,5-26H2,(H,60,70)(H,61,80)(H,62,81)(H,63,82)(H,64,83)(H,65,94)(H,66,95)(H,84,85)(H,86,87)(H,96,97);1-4,11,14-16,36H,5-10H2,(H,23,26)(H,24,28)(H,25,33)(H,29,30)(H,31,32)(H,34,35)/t30-,31-,32+,33-,34-,35-,39-,40-,41-,42+,43+,44+,51+,52+,53+,54+,55+,56+;14-,15-,16-/m01/s1. The average Bonchev–Trinajstić information content (AvgIpc) is 0.860. The number of ketones is 4. The highest BCUT2D eigenvalue weighted by molar-refractivity contribution is 7.80. The molecule has 0 bridgehead atoms. The fourth-order valence-electron chi connectivity index (χ4n) is 12.4. The van der Waals surface area contributed by atoms with Crippen LogP contribution in [0.5, 0.6) is 0 Å². The minimum absolute atomic E-state index is 0.122. The summed E-state index contributed by atoms with van der Waals surface area (Å²) in [6.07, 6.45) is -36.9. The molecule has 0 radical (unpaired) electrons. The molecule has 0 aromatic heterocycles. The normalized spacial score (nSPS) is 15.9. The number of carboxylic acids is 6. The summed E-state index contributed by atoms with van der Waals surface area (Å²) in [4.78, 5) is 253. The quantitative estimate of drug-likeness (QED) is 0.0216. The molecule has 2 aromatic rings. The predicted molar refractivity (Wildman–Crippen MR) is 460 cm³/mol. The lowest BCUT2D eigenvalue weighted by atomic mass is 9.89. The van der Waals surface area contributed by atoms with E-state index in [0.29, 0.717) is 29.5 Å². The molecule has 0 unspecified atom stereocenters. The van der Waals surface area contributed by atoms with Gasteiger partial charge in [-0.2, -0.15) is 25.3 Å². The van der Waals surface area contributed by atoms with E-state index in [4.69, 9.17) is 30.6 Å². The molecule has 2 aromatic carbocycles. The Morgan fingerprint density at radius 1 is 0.291 bits per heavy atom. The van der Waals surface area contributed by atoms with Gasteiger partial charge in [0.25, 0.3) is 0 Å². The van der Waals surface area contributed by atoms with E-state index in [9.17, 15) is 172 Å². The van der Waals surface area contributed by atoms with Crippen LogP contribution in [0.3, 0.4) is 0 Å². The topological polar surface area (TPSA) is 887 Å². The number of aliphatic carboxylic acids is 6. The molecule has 21 atom stereocenters. The monoisotopic (exact) mass is 1950 g/mol. The maximum atomic E-state index is 14.6. The number of thiol groups is 2. The van der Waals surface area contributed by atoms with Gasteiger partial charge in [0, 0.05) is 114 Å². The zero-order valence-electron chi connectivity index (χ0n) is 72.1. The zero-order valence-corrected chi connectivity index (χ0v) is 73.9. The van der Waals surface area contributed by atoms with E-state index < -0.39 is 388 Å². The lowest BCUT2D eigenvalue weighted by molar-refractivity contribution is -0.145. The molecule has 0 aliphatic rings. The van der Waals surface area contributed by atoms with Gasteiger partial charge >= 0.3 is 35.8 Å². The number of carbonyl (C=O) groups is 20. The first kappa shape index (κ1) is 121. The summed E-state index contributed by atoms with van der Waals surface area (Å²) in [6, 6.07) is 4.20. The fraction of sp³-hybridized carbons (Fsp3) is 0.605. The van der Waals surface area contributed by atoms with Crippen LogP contribution in [0, 0.1) is 23.7 Å². The Balaban J connectivity index is 0.00000207. The average molecular weight is 1950 g/mol. The molecule has 31 N–H and O–H groups in total. The van der Waals surface area contributed by atoms with Crippen molar-refractivity contribution in [2.75, 3.05) is 51.0 Å². The van der Waals surface area contributed by atoms with E-state index in [1.165, 1.54) is 12.1 Å². The number of carboxylic acid groups (broad SMARTS) is 6. The first-order valence-corrected chi connectivity index (χ1v) is 42.7. The first-order chi connectivity index (χ1) is 63.0. The Morgan fingerprint density at radius 2 is 0.575 bits per heavy atom. The third kappa shape index (κ3) is 47.6. The van der Waals surface area contributed by atoms with Gasteiger partial charge in [-0.25, -0.2) is 4.79 Å². The fourth-order valence-corrected chi connectivity index (χ4v) is 13.0. The highest BCUT2D eigenvalue weighted by atomic mass is 32.1. The Morgan fingerprint density at radius 3 is 0.866 bits per heavy atom. The van der Waals surface area contributed by atoms with Crippen molar-refractivity contribution in [2.45, 2.75) is 232 Å². The van der Waals surface area contributed by atoms with Gasteiger partial charge in [0.15, 0.2) is 23.1 Å². The Kier molecular flexibility index (Phi) is 58.2. The minimum atomic E-state index is -2.18. The molecule has 0 saturated carbocycles. The summed E-state index contributed by atoms with van der Waals surface area (Å²) in [5.41, 5.74) is 2.30. The summed E-state index contributed by atoms with van der Waals surface area (Å²) < 4.78 is 0. The Labute approximate surface area is 774 Å². The third-order valence-corrected chi connectivity index (χ3v) is 21.2. The van der Waals surface area contributed by atoms with Gasteiger partial charge in [0.1, 0.15) is 61.0 Å². The van der Waals surface area contributed by atoms with Crippen molar-refractivity contribution in [1.29, 1.82) is 0 Å². The van der Waals surface area contributed by atoms with Crippen molar-refractivity contribution >= 4 is 144 Å². The van der Waals surface area contributed by atoms with Gasteiger partial charge in [0.2, 0.25) is 60.1 Å². The van der Waals surface area contributed by atoms with Gasteiger partial charge in [-0.3, -0.25) is 91.1 Å². The third-order valence-electron chi connectivity index (χ3n) is 20.4. The van der Waals surface area contributed by atoms with Crippen LogP contribution in [0.25, 0.3) is 0 Å². The highest BCUT2D eigenvalue weighted by Gasteiger charge is 2.40. The molecule has 0 heterocycles. The lowest BCUT2D eigenvalue weighted by Crippen LogP contribution is -2.50. The van der Waals surface area contributed by atoms with Crippen LogP contribution >= 0.6 is 25.3 Å². The van der Waals surface area contributed by atoms with E-state index in [1.807, 2.05) is 0 Å². The van der Waals surface area contributed by atoms with Crippen molar-refractivity contribution in [3.8, 4) is 0 Å². The number of Topliss-reactive ketones (excluding diaryl/α,β-unsaturated/α-hetero) is 4. The molecule has 53 heteroatoms. The second-order valence-electron chi connectivity index (χ2n) is 30.9. The summed E-state index contributed by atoms with van der Waals surface area (Å²) in [7, 11) is 0. The van der Waals surface area contributed by atoms with E-state index in [1.54, 1.807) is 36.4 Å². The Bertz CT molecular complexity index is 4180. The molecule has 10 amide bonds. The van der Waals surface area contributed by atoms with Crippen LogP contribution in [0.4, 0.5) is 0 Å². The van der Waals surface area contributed by atoms with Crippen molar-refractivity contribution in [3.05, 3.63) is 70.8 Å². The highest BCUT2D eigenvalue weighted by Crippen LogP contribution is 2.23.